The van der Waals surface area contributed by atoms with Crippen molar-refractivity contribution in [2.75, 3.05) is 17.2 Å². The summed E-state index contributed by atoms with van der Waals surface area (Å²) in [7, 11) is 0. The van der Waals surface area contributed by atoms with Gasteiger partial charge in [-0.05, 0) is 30.7 Å². The van der Waals surface area contributed by atoms with E-state index in [1.165, 1.54) is 13.0 Å². The molecule has 4 aromatic rings. The molecule has 0 aliphatic carbocycles. The Morgan fingerprint density at radius 3 is 2.26 bits per heavy atom. The van der Waals surface area contributed by atoms with Crippen molar-refractivity contribution >= 4 is 29.3 Å². The third-order valence-corrected chi connectivity index (χ3v) is 5.18. The maximum Gasteiger partial charge on any atom is 0.340 e. The summed E-state index contributed by atoms with van der Waals surface area (Å²) in [6, 6.07) is 25.7. The number of carbonyl (C=O) groups is 3. The molecule has 1 heterocycles. The van der Waals surface area contributed by atoms with E-state index in [1.807, 2.05) is 60.7 Å². The summed E-state index contributed by atoms with van der Waals surface area (Å²) in [5, 5.41) is 10.1. The zero-order chi connectivity index (χ0) is 24.8. The van der Waals surface area contributed by atoms with Crippen molar-refractivity contribution in [3.8, 4) is 16.9 Å². The lowest BCUT2D eigenvalue weighted by Gasteiger charge is -2.13. The van der Waals surface area contributed by atoms with E-state index in [0.717, 1.165) is 11.3 Å². The second-order valence-electron chi connectivity index (χ2n) is 7.83. The maximum absolute atomic E-state index is 12.7. The number of hydrogen-bond acceptors (Lipinski definition) is 5. The second kappa shape index (κ2) is 10.5. The quantitative estimate of drug-likeness (QED) is 0.386. The van der Waals surface area contributed by atoms with E-state index in [2.05, 4.69) is 15.7 Å². The molecule has 0 aliphatic heterocycles. The molecule has 0 radical (unpaired) electrons. The normalized spacial score (nSPS) is 10.5. The predicted octanol–water partition coefficient (Wildman–Crippen LogP) is 4.60. The fourth-order valence-corrected chi connectivity index (χ4v) is 3.55. The lowest BCUT2D eigenvalue weighted by Crippen LogP contribution is -2.23. The number of carbonyl (C=O) groups excluding carboxylic acids is 3. The van der Waals surface area contributed by atoms with Crippen LogP contribution in [0.3, 0.4) is 0 Å². The number of aryl methyl sites for hydroxylation is 1. The smallest absolute Gasteiger partial charge is 0.340 e. The van der Waals surface area contributed by atoms with Crippen molar-refractivity contribution in [3.05, 3.63) is 96.1 Å². The lowest BCUT2D eigenvalue weighted by atomic mass is 10.1. The van der Waals surface area contributed by atoms with Crippen LogP contribution in [0, 0.1) is 6.92 Å². The number of nitrogens with zero attached hydrogens (tertiary/aromatic N) is 2. The summed E-state index contributed by atoms with van der Waals surface area (Å²) in [6.45, 7) is 2.62. The van der Waals surface area contributed by atoms with E-state index in [4.69, 9.17) is 4.74 Å². The fraction of sp³-hybridized carbons (Fsp3) is 0.111. The Labute approximate surface area is 202 Å². The lowest BCUT2D eigenvalue weighted by molar-refractivity contribution is -0.119. The highest BCUT2D eigenvalue weighted by Gasteiger charge is 2.18. The van der Waals surface area contributed by atoms with Gasteiger partial charge in [0.15, 0.2) is 6.61 Å². The Hall–Kier alpha value is -4.72. The van der Waals surface area contributed by atoms with Crippen molar-refractivity contribution in [2.45, 2.75) is 13.8 Å². The van der Waals surface area contributed by atoms with Crippen LogP contribution in [0.2, 0.25) is 0 Å². The van der Waals surface area contributed by atoms with Gasteiger partial charge >= 0.3 is 5.97 Å². The Morgan fingerprint density at radius 1 is 0.886 bits per heavy atom. The number of amides is 2. The standard InChI is InChI=1S/C27H24N4O4/c1-18-10-9-15-22(26(18)28-19(2)32)27(34)35-17-25(33)29-24-16-23(20-11-5-3-6-12-20)30-31(24)21-13-7-4-8-14-21/h3-16H,17H2,1-2H3,(H,28,32)(H,29,33). The van der Waals surface area contributed by atoms with Crippen LogP contribution in [0.15, 0.2) is 84.9 Å². The van der Waals surface area contributed by atoms with Crippen LogP contribution in [0.25, 0.3) is 16.9 Å². The molecule has 8 heteroatoms. The Morgan fingerprint density at radius 2 is 1.57 bits per heavy atom. The molecule has 0 unspecified atom stereocenters. The molecule has 2 amide bonds. The zero-order valence-corrected chi connectivity index (χ0v) is 19.3. The van der Waals surface area contributed by atoms with Crippen LogP contribution >= 0.6 is 0 Å². The topological polar surface area (TPSA) is 102 Å². The molecule has 3 aromatic carbocycles. The number of hydrogen-bond donors (Lipinski definition) is 2. The molecule has 0 saturated carbocycles. The first-order valence-electron chi connectivity index (χ1n) is 11.0. The number of rotatable bonds is 7. The molecule has 8 nitrogen and oxygen atoms in total. The molecular weight excluding hydrogens is 444 g/mol. The van der Waals surface area contributed by atoms with E-state index in [9.17, 15) is 14.4 Å². The van der Waals surface area contributed by atoms with Crippen molar-refractivity contribution in [3.63, 3.8) is 0 Å². The summed E-state index contributed by atoms with van der Waals surface area (Å²) in [5.41, 5.74) is 3.59. The first-order chi connectivity index (χ1) is 16.9. The van der Waals surface area contributed by atoms with Gasteiger partial charge in [0, 0.05) is 18.6 Å². The molecule has 176 valence electrons. The molecule has 0 spiro atoms. The molecule has 0 bridgehead atoms. The number of anilines is 2. The van der Waals surface area contributed by atoms with Gasteiger partial charge < -0.3 is 15.4 Å². The first kappa shape index (κ1) is 23.4. The summed E-state index contributed by atoms with van der Waals surface area (Å²) < 4.78 is 6.87. The Balaban J connectivity index is 1.52. The highest BCUT2D eigenvalue weighted by atomic mass is 16.5. The Bertz CT molecular complexity index is 1360. The van der Waals surface area contributed by atoms with Gasteiger partial charge in [0.2, 0.25) is 5.91 Å². The maximum atomic E-state index is 12.7. The molecule has 35 heavy (non-hydrogen) atoms. The van der Waals surface area contributed by atoms with Crippen molar-refractivity contribution < 1.29 is 19.1 Å². The van der Waals surface area contributed by atoms with Gasteiger partial charge in [-0.3, -0.25) is 9.59 Å². The van der Waals surface area contributed by atoms with Gasteiger partial charge in [-0.25, -0.2) is 9.48 Å². The monoisotopic (exact) mass is 468 g/mol. The van der Waals surface area contributed by atoms with Gasteiger partial charge in [0.25, 0.3) is 5.91 Å². The van der Waals surface area contributed by atoms with Crippen LogP contribution < -0.4 is 10.6 Å². The molecule has 4 rings (SSSR count). The SMILES string of the molecule is CC(=O)Nc1c(C)cccc1C(=O)OCC(=O)Nc1cc(-c2ccccc2)nn1-c1ccccc1. The summed E-state index contributed by atoms with van der Waals surface area (Å²) in [5.74, 6) is -1.11. The number of ether oxygens (including phenoxy) is 1. The highest BCUT2D eigenvalue weighted by molar-refractivity contribution is 6.02. The highest BCUT2D eigenvalue weighted by Crippen LogP contribution is 2.25. The van der Waals surface area contributed by atoms with Crippen molar-refractivity contribution in [1.29, 1.82) is 0 Å². The van der Waals surface area contributed by atoms with Crippen LogP contribution in [0.5, 0.6) is 0 Å². The summed E-state index contributed by atoms with van der Waals surface area (Å²) >= 11 is 0. The molecule has 0 saturated heterocycles. The van der Waals surface area contributed by atoms with Crippen LogP contribution in [0.1, 0.15) is 22.8 Å². The minimum Gasteiger partial charge on any atom is -0.452 e. The van der Waals surface area contributed by atoms with Gasteiger partial charge in [-0.1, -0.05) is 60.7 Å². The predicted molar refractivity (Wildman–Crippen MR) is 133 cm³/mol. The third-order valence-electron chi connectivity index (χ3n) is 5.18. The van der Waals surface area contributed by atoms with Crippen molar-refractivity contribution in [1.82, 2.24) is 9.78 Å². The molecule has 0 atom stereocenters. The minimum absolute atomic E-state index is 0.175. The van der Waals surface area contributed by atoms with E-state index in [-0.39, 0.29) is 11.5 Å². The van der Waals surface area contributed by atoms with Gasteiger partial charge in [-0.2, -0.15) is 5.10 Å². The summed E-state index contributed by atoms with van der Waals surface area (Å²) in [6.07, 6.45) is 0. The van der Waals surface area contributed by atoms with E-state index in [0.29, 0.717) is 22.8 Å². The largest absolute Gasteiger partial charge is 0.452 e. The van der Waals surface area contributed by atoms with E-state index in [1.54, 1.807) is 29.8 Å². The Kier molecular flexibility index (Phi) is 7.02. The number of benzene rings is 3. The van der Waals surface area contributed by atoms with Crippen molar-refractivity contribution in [2.24, 2.45) is 0 Å². The molecule has 0 fully saturated rings. The summed E-state index contributed by atoms with van der Waals surface area (Å²) in [4.78, 5) is 36.9. The average Bonchev–Trinajstić information content (AvgIpc) is 3.28. The molecule has 0 aliphatic rings. The molecular formula is C27H24N4O4. The fourth-order valence-electron chi connectivity index (χ4n) is 3.55. The molecule has 1 aromatic heterocycles. The number of para-hydroxylation sites is 2. The zero-order valence-electron chi connectivity index (χ0n) is 19.3. The van der Waals surface area contributed by atoms with Gasteiger partial charge in [0.1, 0.15) is 5.82 Å². The number of aromatic nitrogens is 2. The number of esters is 1. The molecule has 2 N–H and O–H groups in total. The minimum atomic E-state index is -0.714. The first-order valence-corrected chi connectivity index (χ1v) is 11.0. The third kappa shape index (κ3) is 5.62. The average molecular weight is 469 g/mol. The van der Waals surface area contributed by atoms with Gasteiger partial charge in [-0.15, -0.1) is 0 Å². The van der Waals surface area contributed by atoms with E-state index < -0.39 is 18.5 Å². The van der Waals surface area contributed by atoms with Crippen LogP contribution in [0.4, 0.5) is 11.5 Å². The van der Waals surface area contributed by atoms with Crippen LogP contribution in [-0.4, -0.2) is 34.2 Å². The number of nitrogens with one attached hydrogen (secondary N) is 2. The van der Waals surface area contributed by atoms with E-state index >= 15 is 0 Å². The second-order valence-corrected chi connectivity index (χ2v) is 7.83. The van der Waals surface area contributed by atoms with Crippen LogP contribution in [-0.2, 0) is 14.3 Å². The van der Waals surface area contributed by atoms with Gasteiger partial charge in [0.05, 0.1) is 22.6 Å².